The molecule has 2 aromatic rings. The fourth-order valence-corrected chi connectivity index (χ4v) is 3.91. The number of ether oxygens (including phenoxy) is 2. The quantitative estimate of drug-likeness (QED) is 0.193. The van der Waals surface area contributed by atoms with Gasteiger partial charge in [-0.05, 0) is 64.8 Å². The van der Waals surface area contributed by atoms with Gasteiger partial charge in [0.1, 0.15) is 23.3 Å². The van der Waals surface area contributed by atoms with Crippen LogP contribution in [-0.4, -0.2) is 90.2 Å². The SMILES string of the molecule is C.CN(C)C(=O)[C@H](Cc1cccc(N)c1)NC(=O)OC(C)(C)C.CN(C)C(=O)[C@H](Cc1cccc([N+](=O)[O-])c1)NC(=O)OC(C)(C)C.[HH]. The zero-order valence-corrected chi connectivity index (χ0v) is 28.4. The lowest BCUT2D eigenvalue weighted by Gasteiger charge is -2.25. The average molecular weight is 663 g/mol. The van der Waals surface area contributed by atoms with Crippen molar-refractivity contribution in [3.63, 3.8) is 0 Å². The molecule has 0 aliphatic carbocycles. The molecular weight excluding hydrogens is 608 g/mol. The maximum Gasteiger partial charge on any atom is 0.408 e. The van der Waals surface area contributed by atoms with E-state index in [0.29, 0.717) is 17.7 Å². The van der Waals surface area contributed by atoms with Crippen LogP contribution in [-0.2, 0) is 31.9 Å². The van der Waals surface area contributed by atoms with Gasteiger partial charge in [0.05, 0.1) is 4.92 Å². The summed E-state index contributed by atoms with van der Waals surface area (Å²) in [6.07, 6.45) is -0.857. The van der Waals surface area contributed by atoms with E-state index in [1.807, 2.05) is 12.1 Å². The summed E-state index contributed by atoms with van der Waals surface area (Å²) >= 11 is 0. The van der Waals surface area contributed by atoms with Crippen LogP contribution in [0.2, 0.25) is 0 Å². The van der Waals surface area contributed by atoms with Crippen LogP contribution in [0.1, 0.15) is 61.5 Å². The number of nitro benzene ring substituents is 1. The third kappa shape index (κ3) is 16.8. The highest BCUT2D eigenvalue weighted by molar-refractivity contribution is 5.86. The number of nitrogen functional groups attached to an aromatic ring is 1. The highest BCUT2D eigenvalue weighted by Crippen LogP contribution is 2.16. The molecule has 0 fully saturated rings. The molecule has 264 valence electrons. The van der Waals surface area contributed by atoms with Gasteiger partial charge in [0.15, 0.2) is 0 Å². The Morgan fingerprint density at radius 3 is 1.51 bits per heavy atom. The van der Waals surface area contributed by atoms with Gasteiger partial charge in [0, 0.05) is 60.3 Å². The van der Waals surface area contributed by atoms with Gasteiger partial charge in [-0.2, -0.15) is 0 Å². The molecule has 0 aliphatic rings. The molecule has 4 N–H and O–H groups in total. The minimum atomic E-state index is -0.878. The van der Waals surface area contributed by atoms with Crippen molar-refractivity contribution in [3.05, 3.63) is 69.8 Å². The number of carbonyl (C=O) groups excluding carboxylic acids is 4. The third-order valence-corrected chi connectivity index (χ3v) is 5.81. The Morgan fingerprint density at radius 2 is 1.17 bits per heavy atom. The number of rotatable bonds is 9. The predicted molar refractivity (Wildman–Crippen MR) is 184 cm³/mol. The maximum atomic E-state index is 12.3. The Morgan fingerprint density at radius 1 is 0.787 bits per heavy atom. The highest BCUT2D eigenvalue weighted by Gasteiger charge is 2.27. The van der Waals surface area contributed by atoms with Gasteiger partial charge in [-0.1, -0.05) is 31.7 Å². The van der Waals surface area contributed by atoms with Gasteiger partial charge in [-0.3, -0.25) is 19.7 Å². The Hall–Kier alpha value is -4.88. The lowest BCUT2D eigenvalue weighted by atomic mass is 10.0. The van der Waals surface area contributed by atoms with Gasteiger partial charge in [-0.15, -0.1) is 0 Å². The van der Waals surface area contributed by atoms with Gasteiger partial charge < -0.3 is 35.6 Å². The number of anilines is 1. The number of likely N-dealkylation sites (N-methyl/N-ethyl adjacent to an activating group) is 2. The van der Waals surface area contributed by atoms with E-state index in [9.17, 15) is 29.3 Å². The molecule has 0 radical (unpaired) electrons. The van der Waals surface area contributed by atoms with Crippen LogP contribution in [0.25, 0.3) is 0 Å². The van der Waals surface area contributed by atoms with Crippen molar-refractivity contribution in [1.82, 2.24) is 20.4 Å². The van der Waals surface area contributed by atoms with E-state index >= 15 is 0 Å². The molecule has 0 spiro atoms. The Kier molecular flexibility index (Phi) is 16.4. The van der Waals surface area contributed by atoms with E-state index in [0.717, 1.165) is 5.56 Å². The topological polar surface area (TPSA) is 186 Å². The van der Waals surface area contributed by atoms with Crippen LogP contribution in [0.15, 0.2) is 48.5 Å². The standard InChI is InChI=1S/C16H23N3O5.C16H25N3O3.CH4.H2/c1-16(2,3)24-15(21)17-13(14(20)18(4)5)10-11-7-6-8-12(9-11)19(22)23;1-16(2,3)22-15(21)18-13(14(20)19(4)5)10-11-7-6-8-12(17)9-11;;/h6-9,13H,10H2,1-5H3,(H,17,21);6-9,13H,10,17H2,1-5H3,(H,18,21);1H4;1H/t2*13-;;/m00../s1. The second-order valence-corrected chi connectivity index (χ2v) is 12.9. The van der Waals surface area contributed by atoms with Crippen LogP contribution in [0.4, 0.5) is 21.0 Å². The molecule has 0 saturated carbocycles. The normalized spacial score (nSPS) is 12.0. The van der Waals surface area contributed by atoms with Gasteiger partial charge in [-0.25, -0.2) is 9.59 Å². The first kappa shape index (κ1) is 42.1. The van der Waals surface area contributed by atoms with Crippen molar-refractivity contribution in [2.75, 3.05) is 33.9 Å². The summed E-state index contributed by atoms with van der Waals surface area (Å²) in [5.41, 5.74) is 6.43. The van der Waals surface area contributed by atoms with E-state index in [2.05, 4.69) is 10.6 Å². The molecule has 47 heavy (non-hydrogen) atoms. The second kappa shape index (κ2) is 18.3. The van der Waals surface area contributed by atoms with Crippen LogP contribution >= 0.6 is 0 Å². The molecule has 2 atom stereocenters. The summed E-state index contributed by atoms with van der Waals surface area (Å²) in [6, 6.07) is 11.6. The number of hydrogen-bond acceptors (Lipinski definition) is 9. The van der Waals surface area contributed by atoms with Crippen LogP contribution < -0.4 is 16.4 Å². The van der Waals surface area contributed by atoms with Gasteiger partial charge in [0.2, 0.25) is 11.8 Å². The van der Waals surface area contributed by atoms with Crippen LogP contribution in [0.3, 0.4) is 0 Å². The number of nitrogens with zero attached hydrogens (tertiary/aromatic N) is 3. The second-order valence-electron chi connectivity index (χ2n) is 12.9. The van der Waals surface area contributed by atoms with Crippen molar-refractivity contribution < 1.29 is 35.0 Å². The molecular formula is C33H54N6O8. The molecule has 0 aromatic heterocycles. The van der Waals surface area contributed by atoms with Crippen molar-refractivity contribution in [1.29, 1.82) is 0 Å². The first-order chi connectivity index (χ1) is 21.1. The minimum Gasteiger partial charge on any atom is -0.444 e. The summed E-state index contributed by atoms with van der Waals surface area (Å²) in [4.78, 5) is 61.6. The molecule has 0 unspecified atom stereocenters. The Labute approximate surface area is 279 Å². The lowest BCUT2D eigenvalue weighted by molar-refractivity contribution is -0.384. The van der Waals surface area contributed by atoms with Crippen LogP contribution in [0.5, 0.6) is 0 Å². The van der Waals surface area contributed by atoms with Crippen LogP contribution in [0, 0.1) is 10.1 Å². The molecule has 14 nitrogen and oxygen atoms in total. The Balaban J connectivity index is 0. The number of carbonyl (C=O) groups is 4. The number of amides is 4. The maximum absolute atomic E-state index is 12.3. The number of benzene rings is 2. The number of non-ortho nitro benzene ring substituents is 1. The van der Waals surface area contributed by atoms with Crippen molar-refractivity contribution in [2.24, 2.45) is 0 Å². The monoisotopic (exact) mass is 662 g/mol. The zero-order chi connectivity index (χ0) is 35.4. The Bertz CT molecular complexity index is 1370. The molecule has 0 saturated heterocycles. The molecule has 2 aromatic carbocycles. The number of nitrogens with two attached hydrogens (primary N) is 1. The average Bonchev–Trinajstić information content (AvgIpc) is 2.89. The molecule has 0 bridgehead atoms. The zero-order valence-electron chi connectivity index (χ0n) is 28.4. The first-order valence-corrected chi connectivity index (χ1v) is 14.6. The third-order valence-electron chi connectivity index (χ3n) is 5.81. The largest absolute Gasteiger partial charge is 0.444 e. The van der Waals surface area contributed by atoms with Crippen molar-refractivity contribution in [2.45, 2.75) is 85.1 Å². The van der Waals surface area contributed by atoms with Gasteiger partial charge >= 0.3 is 12.2 Å². The van der Waals surface area contributed by atoms with Gasteiger partial charge in [0.25, 0.3) is 5.69 Å². The smallest absolute Gasteiger partial charge is 0.408 e. The fraction of sp³-hybridized carbons (Fsp3) is 0.515. The number of nitro groups is 1. The van der Waals surface area contributed by atoms with E-state index in [4.69, 9.17) is 15.2 Å². The van der Waals surface area contributed by atoms with E-state index in [-0.39, 0.29) is 32.8 Å². The van der Waals surface area contributed by atoms with Crippen molar-refractivity contribution >= 4 is 35.4 Å². The van der Waals surface area contributed by atoms with E-state index in [1.165, 1.54) is 28.0 Å². The first-order valence-electron chi connectivity index (χ1n) is 14.6. The minimum absolute atomic E-state index is 0. The fourth-order valence-electron chi connectivity index (χ4n) is 3.91. The number of nitrogens with one attached hydrogen (secondary N) is 2. The highest BCUT2D eigenvalue weighted by atomic mass is 16.6. The molecule has 14 heteroatoms. The molecule has 0 aliphatic heterocycles. The van der Waals surface area contributed by atoms with E-state index < -0.39 is 40.4 Å². The summed E-state index contributed by atoms with van der Waals surface area (Å²) in [5, 5.41) is 16.0. The lowest BCUT2D eigenvalue weighted by Crippen LogP contribution is -2.48. The summed E-state index contributed by atoms with van der Waals surface area (Å²) in [6.45, 7) is 10.5. The summed E-state index contributed by atoms with van der Waals surface area (Å²) < 4.78 is 10.4. The number of alkyl carbamates (subject to hydrolysis) is 2. The molecule has 0 heterocycles. The summed E-state index contributed by atoms with van der Waals surface area (Å²) in [5.74, 6) is -0.527. The molecule has 4 amide bonds. The number of hydrogen-bond donors (Lipinski definition) is 3. The van der Waals surface area contributed by atoms with Crippen molar-refractivity contribution in [3.8, 4) is 0 Å². The predicted octanol–water partition coefficient (Wildman–Crippen LogP) is 4.79. The molecule has 2 rings (SSSR count). The van der Waals surface area contributed by atoms with E-state index in [1.54, 1.807) is 87.9 Å². The summed E-state index contributed by atoms with van der Waals surface area (Å²) in [7, 11) is 6.43.